The number of benzene rings is 1. The van der Waals surface area contributed by atoms with Gasteiger partial charge in [0.15, 0.2) is 0 Å². The van der Waals surface area contributed by atoms with Crippen molar-refractivity contribution in [2.24, 2.45) is 5.92 Å². The first kappa shape index (κ1) is 18.8. The minimum atomic E-state index is 0. The van der Waals surface area contributed by atoms with Crippen LogP contribution in [0.4, 0.5) is 0 Å². The van der Waals surface area contributed by atoms with Crippen LogP contribution in [0.25, 0.3) is 0 Å². The van der Waals surface area contributed by atoms with Gasteiger partial charge in [-0.05, 0) is 56.2 Å². The maximum atomic E-state index is 12.6. The van der Waals surface area contributed by atoms with Crippen LogP contribution in [-0.4, -0.2) is 24.0 Å². The van der Waals surface area contributed by atoms with E-state index in [-0.39, 0.29) is 24.2 Å². The first-order valence-corrected chi connectivity index (χ1v) is 9.24. The minimum absolute atomic E-state index is 0. The van der Waals surface area contributed by atoms with Crippen LogP contribution < -0.4 is 10.6 Å². The van der Waals surface area contributed by atoms with Crippen molar-refractivity contribution in [2.75, 3.05) is 0 Å². The lowest BCUT2D eigenvalue weighted by molar-refractivity contribution is -0.126. The Morgan fingerprint density at radius 3 is 2.65 bits per heavy atom. The topological polar surface area (TPSA) is 41.1 Å². The van der Waals surface area contributed by atoms with E-state index in [2.05, 4.69) is 45.6 Å². The van der Waals surface area contributed by atoms with Crippen LogP contribution in [0.15, 0.2) is 28.7 Å². The second-order valence-corrected chi connectivity index (χ2v) is 7.67. The lowest BCUT2D eigenvalue weighted by Gasteiger charge is -2.30. The molecule has 1 amide bonds. The van der Waals surface area contributed by atoms with E-state index in [4.69, 9.17) is 0 Å². The van der Waals surface area contributed by atoms with Crippen LogP contribution >= 0.6 is 28.3 Å². The van der Waals surface area contributed by atoms with Gasteiger partial charge in [-0.3, -0.25) is 4.79 Å². The van der Waals surface area contributed by atoms with E-state index >= 15 is 0 Å². The van der Waals surface area contributed by atoms with Gasteiger partial charge in [-0.1, -0.05) is 35.0 Å². The Balaban J connectivity index is 0.00000192. The summed E-state index contributed by atoms with van der Waals surface area (Å²) in [6.07, 6.45) is 6.43. The summed E-state index contributed by atoms with van der Waals surface area (Å²) in [5.74, 6) is 0.301. The SMILES string of the molecule is CCC(Cc1cccc(Br)c1)C(=O)NC1CC2CCC(C1)N2.Cl. The van der Waals surface area contributed by atoms with Gasteiger partial charge in [0.25, 0.3) is 0 Å². The fraction of sp³-hybridized carbons (Fsp3) is 0.611. The van der Waals surface area contributed by atoms with E-state index in [1.165, 1.54) is 18.4 Å². The van der Waals surface area contributed by atoms with Crippen molar-refractivity contribution in [1.82, 2.24) is 10.6 Å². The summed E-state index contributed by atoms with van der Waals surface area (Å²) in [6.45, 7) is 2.11. The van der Waals surface area contributed by atoms with Crippen molar-refractivity contribution in [2.45, 2.75) is 63.6 Å². The third kappa shape index (κ3) is 4.94. The van der Waals surface area contributed by atoms with Crippen molar-refractivity contribution >= 4 is 34.2 Å². The van der Waals surface area contributed by atoms with E-state index in [1.54, 1.807) is 0 Å². The summed E-state index contributed by atoms with van der Waals surface area (Å²) in [7, 11) is 0. The van der Waals surface area contributed by atoms with Gasteiger partial charge in [0.05, 0.1) is 0 Å². The van der Waals surface area contributed by atoms with Gasteiger partial charge in [-0.25, -0.2) is 0 Å². The molecule has 0 spiro atoms. The molecule has 2 fully saturated rings. The molecule has 0 aromatic heterocycles. The van der Waals surface area contributed by atoms with Crippen LogP contribution in [-0.2, 0) is 11.2 Å². The van der Waals surface area contributed by atoms with Gasteiger partial charge in [0.2, 0.25) is 5.91 Å². The molecular weight excluding hydrogens is 376 g/mol. The maximum Gasteiger partial charge on any atom is 0.223 e. The molecule has 1 aromatic rings. The van der Waals surface area contributed by atoms with Gasteiger partial charge in [0, 0.05) is 28.5 Å². The molecule has 0 aliphatic carbocycles. The van der Waals surface area contributed by atoms with Gasteiger partial charge in [0.1, 0.15) is 0 Å². The van der Waals surface area contributed by atoms with Gasteiger partial charge < -0.3 is 10.6 Å². The number of hydrogen-bond acceptors (Lipinski definition) is 2. The second-order valence-electron chi connectivity index (χ2n) is 6.75. The molecule has 5 heteroatoms. The van der Waals surface area contributed by atoms with E-state index in [0.717, 1.165) is 30.2 Å². The first-order chi connectivity index (χ1) is 10.6. The number of nitrogens with one attached hydrogen (secondary N) is 2. The quantitative estimate of drug-likeness (QED) is 0.787. The molecule has 2 saturated heterocycles. The molecule has 128 valence electrons. The second kappa shape index (κ2) is 8.50. The summed E-state index contributed by atoms with van der Waals surface area (Å²) < 4.78 is 1.08. The molecule has 3 nitrogen and oxygen atoms in total. The Labute approximate surface area is 153 Å². The lowest BCUT2D eigenvalue weighted by Crippen LogP contribution is -2.49. The third-order valence-electron chi connectivity index (χ3n) is 5.05. The number of rotatable bonds is 5. The number of fused-ring (bicyclic) bond motifs is 2. The van der Waals surface area contributed by atoms with Crippen molar-refractivity contribution in [3.05, 3.63) is 34.3 Å². The predicted octanol–water partition coefficient (Wildman–Crippen LogP) is 3.84. The zero-order valence-electron chi connectivity index (χ0n) is 13.6. The Hall–Kier alpha value is -0.580. The van der Waals surface area contributed by atoms with E-state index in [1.807, 2.05) is 12.1 Å². The summed E-state index contributed by atoms with van der Waals surface area (Å²) in [5.41, 5.74) is 1.22. The molecule has 2 bridgehead atoms. The summed E-state index contributed by atoms with van der Waals surface area (Å²) in [6, 6.07) is 9.88. The lowest BCUT2D eigenvalue weighted by atomic mass is 9.94. The molecule has 0 radical (unpaired) electrons. The van der Waals surface area contributed by atoms with Crippen molar-refractivity contribution in [3.8, 4) is 0 Å². The van der Waals surface area contributed by atoms with E-state index < -0.39 is 0 Å². The Bertz CT molecular complexity index is 528. The molecule has 3 rings (SSSR count). The maximum absolute atomic E-state index is 12.6. The summed E-state index contributed by atoms with van der Waals surface area (Å²) in [5, 5.41) is 6.94. The number of carbonyl (C=O) groups is 1. The number of hydrogen-bond donors (Lipinski definition) is 2. The third-order valence-corrected chi connectivity index (χ3v) is 5.55. The van der Waals surface area contributed by atoms with Crippen molar-refractivity contribution in [3.63, 3.8) is 0 Å². The molecule has 2 aliphatic heterocycles. The summed E-state index contributed by atoms with van der Waals surface area (Å²) in [4.78, 5) is 12.6. The number of carbonyl (C=O) groups excluding carboxylic acids is 1. The highest BCUT2D eigenvalue weighted by molar-refractivity contribution is 9.10. The Morgan fingerprint density at radius 1 is 1.35 bits per heavy atom. The largest absolute Gasteiger partial charge is 0.353 e. The highest BCUT2D eigenvalue weighted by Crippen LogP contribution is 2.27. The van der Waals surface area contributed by atoms with Crippen LogP contribution in [0.3, 0.4) is 0 Å². The molecule has 3 unspecified atom stereocenters. The van der Waals surface area contributed by atoms with Gasteiger partial charge in [-0.15, -0.1) is 12.4 Å². The number of piperidine rings is 1. The minimum Gasteiger partial charge on any atom is -0.353 e. The highest BCUT2D eigenvalue weighted by Gasteiger charge is 2.34. The van der Waals surface area contributed by atoms with E-state index in [9.17, 15) is 4.79 Å². The number of halogens is 2. The zero-order chi connectivity index (χ0) is 15.5. The van der Waals surface area contributed by atoms with Crippen LogP contribution in [0, 0.1) is 5.92 Å². The molecule has 3 atom stereocenters. The van der Waals surface area contributed by atoms with Crippen LogP contribution in [0.2, 0.25) is 0 Å². The van der Waals surface area contributed by atoms with Crippen molar-refractivity contribution in [1.29, 1.82) is 0 Å². The molecule has 2 aliphatic rings. The standard InChI is InChI=1S/C18H25BrN2O.ClH/c1-2-13(8-12-4-3-5-14(19)9-12)18(22)21-17-10-15-6-7-16(11-17)20-15;/h3-5,9,13,15-17,20H,2,6-8,10-11H2,1H3,(H,21,22);1H. The average molecular weight is 402 g/mol. The zero-order valence-corrected chi connectivity index (χ0v) is 16.0. The smallest absolute Gasteiger partial charge is 0.223 e. The molecule has 2 N–H and O–H groups in total. The normalized spacial score (nSPS) is 27.1. The molecular formula is C18H26BrClN2O. The number of amides is 1. The fourth-order valence-electron chi connectivity index (χ4n) is 3.87. The molecule has 0 saturated carbocycles. The highest BCUT2D eigenvalue weighted by atomic mass is 79.9. The summed E-state index contributed by atoms with van der Waals surface area (Å²) >= 11 is 3.50. The molecule has 23 heavy (non-hydrogen) atoms. The van der Waals surface area contributed by atoms with Gasteiger partial charge >= 0.3 is 0 Å². The van der Waals surface area contributed by atoms with Gasteiger partial charge in [-0.2, -0.15) is 0 Å². The van der Waals surface area contributed by atoms with Crippen molar-refractivity contribution < 1.29 is 4.79 Å². The average Bonchev–Trinajstić information content (AvgIpc) is 2.83. The fourth-order valence-corrected chi connectivity index (χ4v) is 4.31. The Kier molecular flexibility index (Phi) is 6.93. The first-order valence-electron chi connectivity index (χ1n) is 8.45. The molecule has 1 aromatic carbocycles. The Morgan fingerprint density at radius 2 is 2.04 bits per heavy atom. The monoisotopic (exact) mass is 400 g/mol. The van der Waals surface area contributed by atoms with Crippen LogP contribution in [0.5, 0.6) is 0 Å². The predicted molar refractivity (Wildman–Crippen MR) is 100.0 cm³/mol. The van der Waals surface area contributed by atoms with Crippen LogP contribution in [0.1, 0.15) is 44.6 Å². The van der Waals surface area contributed by atoms with E-state index in [0.29, 0.717) is 18.1 Å². The molecule has 2 heterocycles.